The Bertz CT molecular complexity index is 1200. The van der Waals surface area contributed by atoms with Crippen molar-refractivity contribution >= 4 is 11.9 Å². The van der Waals surface area contributed by atoms with E-state index in [1.807, 2.05) is 0 Å². The maximum Gasteiger partial charge on any atom is 0.305 e. The molecular formula is C71H137NO5. The monoisotopic (exact) mass is 1080 g/mol. The smallest absolute Gasteiger partial charge is 0.305 e. The van der Waals surface area contributed by atoms with E-state index in [0.29, 0.717) is 25.9 Å². The van der Waals surface area contributed by atoms with Gasteiger partial charge in [0.1, 0.15) is 0 Å². The standard InChI is InChI=1S/C71H137NO5/c1-3-5-7-9-11-13-15-17-19-21-23-24-25-26-28-31-35-39-43-47-51-55-59-63-69(74)68(67-73)72-70(75)64-60-56-52-48-44-40-36-32-29-27-30-34-38-42-46-50-54-58-62-66-77-71(76)65-61-57-53-49-45-41-37-33-22-20-18-16-14-12-10-8-6-4-2/h34,38,42,46,68-69,73-74H,3-33,35-37,39-41,43-45,47-67H2,1-2H3,(H,72,75)/b38-34-,46-42-. The molecule has 0 aromatic carbocycles. The number of unbranched alkanes of at least 4 members (excludes halogenated alkanes) is 52. The number of rotatable bonds is 66. The maximum absolute atomic E-state index is 12.5. The van der Waals surface area contributed by atoms with Crippen LogP contribution in [-0.4, -0.2) is 47.4 Å². The maximum atomic E-state index is 12.5. The molecule has 0 aliphatic rings. The molecule has 0 radical (unpaired) electrons. The second kappa shape index (κ2) is 66.8. The number of hydrogen-bond donors (Lipinski definition) is 3. The fourth-order valence-electron chi connectivity index (χ4n) is 11.2. The minimum atomic E-state index is -0.673. The Balaban J connectivity index is 3.44. The molecule has 0 saturated heterocycles. The molecule has 0 heterocycles. The van der Waals surface area contributed by atoms with Crippen molar-refractivity contribution in [3.63, 3.8) is 0 Å². The average Bonchev–Trinajstić information content (AvgIpc) is 3.43. The normalized spacial score (nSPS) is 12.6. The highest BCUT2D eigenvalue weighted by Gasteiger charge is 2.20. The van der Waals surface area contributed by atoms with Crippen LogP contribution >= 0.6 is 0 Å². The number of nitrogens with one attached hydrogen (secondary N) is 1. The van der Waals surface area contributed by atoms with Crippen molar-refractivity contribution in [3.8, 4) is 0 Å². The number of aliphatic hydroxyl groups is 2. The molecule has 0 aliphatic heterocycles. The summed E-state index contributed by atoms with van der Waals surface area (Å²) in [6, 6.07) is -0.550. The minimum Gasteiger partial charge on any atom is -0.466 e. The van der Waals surface area contributed by atoms with Crippen LogP contribution in [0.3, 0.4) is 0 Å². The molecule has 0 aromatic rings. The lowest BCUT2D eigenvalue weighted by Gasteiger charge is -2.22. The SMILES string of the molecule is CCCCCCCCCCCCCCCCCCCCCCCCCC(O)C(CO)NC(=O)CCCCCCCCCCCC/C=C\C=C/CCCCCOC(=O)CCCCCCCCCCCCCCCCCCCC. The van der Waals surface area contributed by atoms with E-state index >= 15 is 0 Å². The summed E-state index contributed by atoms with van der Waals surface area (Å²) in [5.74, 6) is -0.0481. The number of ether oxygens (including phenoxy) is 1. The predicted molar refractivity (Wildman–Crippen MR) is 338 cm³/mol. The van der Waals surface area contributed by atoms with E-state index in [9.17, 15) is 19.8 Å². The summed E-state index contributed by atoms with van der Waals surface area (Å²) >= 11 is 0. The lowest BCUT2D eigenvalue weighted by Crippen LogP contribution is -2.45. The van der Waals surface area contributed by atoms with Gasteiger partial charge in [0.2, 0.25) is 5.91 Å². The van der Waals surface area contributed by atoms with Crippen molar-refractivity contribution in [2.75, 3.05) is 13.2 Å². The number of carbonyl (C=O) groups is 2. The quantitative estimate of drug-likeness (QED) is 0.0320. The van der Waals surface area contributed by atoms with Crippen LogP contribution in [0.4, 0.5) is 0 Å². The van der Waals surface area contributed by atoms with Crippen molar-refractivity contribution in [1.82, 2.24) is 5.32 Å². The topological polar surface area (TPSA) is 95.9 Å². The molecule has 6 heteroatoms. The van der Waals surface area contributed by atoms with Gasteiger partial charge >= 0.3 is 5.97 Å². The molecule has 0 aromatic heterocycles. The van der Waals surface area contributed by atoms with Crippen LogP contribution in [0.25, 0.3) is 0 Å². The Morgan fingerprint density at radius 2 is 0.636 bits per heavy atom. The third-order valence-electron chi connectivity index (χ3n) is 16.5. The van der Waals surface area contributed by atoms with Crippen molar-refractivity contribution in [2.24, 2.45) is 0 Å². The van der Waals surface area contributed by atoms with Crippen LogP contribution in [0.5, 0.6) is 0 Å². The number of aliphatic hydroxyl groups excluding tert-OH is 2. The van der Waals surface area contributed by atoms with Gasteiger partial charge in [-0.2, -0.15) is 0 Å². The highest BCUT2D eigenvalue weighted by atomic mass is 16.5. The van der Waals surface area contributed by atoms with Gasteiger partial charge in [-0.25, -0.2) is 0 Å². The highest BCUT2D eigenvalue weighted by molar-refractivity contribution is 5.76. The molecule has 0 aliphatic carbocycles. The first-order valence-electron chi connectivity index (χ1n) is 35.1. The summed E-state index contributed by atoms with van der Waals surface area (Å²) < 4.78 is 5.48. The van der Waals surface area contributed by atoms with Crippen LogP contribution < -0.4 is 5.32 Å². The molecule has 0 saturated carbocycles. The zero-order valence-corrected chi connectivity index (χ0v) is 52.2. The lowest BCUT2D eigenvalue weighted by atomic mass is 10.0. The van der Waals surface area contributed by atoms with Gasteiger partial charge < -0.3 is 20.3 Å². The third-order valence-corrected chi connectivity index (χ3v) is 16.5. The summed E-state index contributed by atoms with van der Waals surface area (Å²) in [5, 5.41) is 23.4. The Hall–Kier alpha value is -1.66. The van der Waals surface area contributed by atoms with Crippen molar-refractivity contribution in [1.29, 1.82) is 0 Å². The molecule has 456 valence electrons. The van der Waals surface area contributed by atoms with Crippen molar-refractivity contribution in [3.05, 3.63) is 24.3 Å². The van der Waals surface area contributed by atoms with Gasteiger partial charge in [0, 0.05) is 12.8 Å². The van der Waals surface area contributed by atoms with Gasteiger partial charge in [-0.05, 0) is 57.8 Å². The van der Waals surface area contributed by atoms with Gasteiger partial charge in [0.15, 0.2) is 0 Å². The zero-order valence-electron chi connectivity index (χ0n) is 52.2. The first-order valence-corrected chi connectivity index (χ1v) is 35.1. The van der Waals surface area contributed by atoms with Gasteiger partial charge in [-0.3, -0.25) is 9.59 Å². The highest BCUT2D eigenvalue weighted by Crippen LogP contribution is 2.19. The zero-order chi connectivity index (χ0) is 55.7. The Kier molecular flexibility index (Phi) is 65.4. The van der Waals surface area contributed by atoms with E-state index in [-0.39, 0.29) is 18.5 Å². The Labute approximate surface area is 481 Å². The van der Waals surface area contributed by atoms with E-state index in [1.54, 1.807) is 0 Å². The fourth-order valence-corrected chi connectivity index (χ4v) is 11.2. The number of allylic oxidation sites excluding steroid dienone is 4. The summed E-state index contributed by atoms with van der Waals surface area (Å²) in [7, 11) is 0. The second-order valence-electron chi connectivity index (χ2n) is 24.3. The van der Waals surface area contributed by atoms with Crippen LogP contribution in [0, 0.1) is 0 Å². The van der Waals surface area contributed by atoms with E-state index in [4.69, 9.17) is 4.74 Å². The van der Waals surface area contributed by atoms with Crippen LogP contribution in [0.1, 0.15) is 393 Å². The molecule has 2 atom stereocenters. The summed E-state index contributed by atoms with van der Waals surface area (Å²) in [5.41, 5.74) is 0. The molecule has 0 spiro atoms. The number of carbonyl (C=O) groups excluding carboxylic acids is 2. The first-order chi connectivity index (χ1) is 38.0. The van der Waals surface area contributed by atoms with Crippen LogP contribution in [-0.2, 0) is 14.3 Å². The number of hydrogen-bond acceptors (Lipinski definition) is 5. The summed E-state index contributed by atoms with van der Waals surface area (Å²) in [4.78, 5) is 24.6. The van der Waals surface area contributed by atoms with Crippen LogP contribution in [0.15, 0.2) is 24.3 Å². The van der Waals surface area contributed by atoms with Crippen LogP contribution in [0.2, 0.25) is 0 Å². The predicted octanol–water partition coefficient (Wildman–Crippen LogP) is 22.5. The molecule has 0 rings (SSSR count). The largest absolute Gasteiger partial charge is 0.466 e. The molecular weight excluding hydrogens is 947 g/mol. The van der Waals surface area contributed by atoms with E-state index in [0.717, 1.165) is 70.6 Å². The first kappa shape index (κ1) is 75.3. The Morgan fingerprint density at radius 1 is 0.364 bits per heavy atom. The molecule has 3 N–H and O–H groups in total. The lowest BCUT2D eigenvalue weighted by molar-refractivity contribution is -0.143. The number of esters is 1. The molecule has 0 bridgehead atoms. The average molecular weight is 1080 g/mol. The molecule has 2 unspecified atom stereocenters. The Morgan fingerprint density at radius 3 is 0.961 bits per heavy atom. The minimum absolute atomic E-state index is 0.00782. The van der Waals surface area contributed by atoms with E-state index < -0.39 is 12.1 Å². The van der Waals surface area contributed by atoms with E-state index in [1.165, 1.54) is 289 Å². The number of amides is 1. The van der Waals surface area contributed by atoms with Crippen molar-refractivity contribution in [2.45, 2.75) is 405 Å². The summed E-state index contributed by atoms with van der Waals surface area (Å²) in [6.45, 7) is 4.96. The molecule has 1 amide bonds. The van der Waals surface area contributed by atoms with Gasteiger partial charge in [0.05, 0.1) is 25.4 Å². The molecule has 6 nitrogen and oxygen atoms in total. The third kappa shape index (κ3) is 63.4. The fraction of sp³-hybridized carbons (Fsp3) is 0.915. The van der Waals surface area contributed by atoms with E-state index in [2.05, 4.69) is 43.5 Å². The van der Waals surface area contributed by atoms with Gasteiger partial charge in [-0.15, -0.1) is 0 Å². The van der Waals surface area contributed by atoms with Gasteiger partial charge in [0.25, 0.3) is 0 Å². The van der Waals surface area contributed by atoms with Gasteiger partial charge in [-0.1, -0.05) is 346 Å². The second-order valence-corrected chi connectivity index (χ2v) is 24.3. The van der Waals surface area contributed by atoms with Crippen molar-refractivity contribution < 1.29 is 24.5 Å². The summed E-state index contributed by atoms with van der Waals surface area (Å²) in [6.07, 6.45) is 83.6. The molecule has 0 fully saturated rings. The molecule has 77 heavy (non-hydrogen) atoms.